The number of benzene rings is 4. The van der Waals surface area contributed by atoms with Crippen molar-refractivity contribution in [3.05, 3.63) is 107 Å². The fraction of sp³-hybridized carbons (Fsp3) is 0.396. The van der Waals surface area contributed by atoms with Crippen molar-refractivity contribution in [3.8, 4) is 23.0 Å². The molecule has 2 N–H and O–H groups in total. The zero-order valence-electron chi connectivity index (χ0n) is 35.8. The Morgan fingerprint density at radius 2 is 1.29 bits per heavy atom. The van der Waals surface area contributed by atoms with Crippen LogP contribution in [0.25, 0.3) is 0 Å². The summed E-state index contributed by atoms with van der Waals surface area (Å²) >= 11 is 0. The smallest absolute Gasteiger partial charge is 0.260 e. The lowest BCUT2D eigenvalue weighted by Gasteiger charge is -2.25. The molecule has 4 aromatic rings. The Balaban J connectivity index is 0.929. The fourth-order valence-electron chi connectivity index (χ4n) is 9.21. The monoisotopic (exact) mass is 875 g/mol. The Morgan fingerprint density at radius 3 is 1.84 bits per heavy atom. The molecule has 2 amide bonds. The summed E-state index contributed by atoms with van der Waals surface area (Å²) in [7, 11) is 6.84. The number of ether oxygens (including phenoxy) is 5. The van der Waals surface area contributed by atoms with Crippen LogP contribution in [0.2, 0.25) is 0 Å². The Morgan fingerprint density at radius 1 is 0.742 bits per heavy atom. The summed E-state index contributed by atoms with van der Waals surface area (Å²) in [6, 6.07) is 23.5. The van der Waals surface area contributed by atoms with E-state index in [1.807, 2.05) is 75.2 Å². The molecule has 4 aromatic carbocycles. The molecule has 62 heavy (non-hydrogen) atoms. The molecule has 0 spiro atoms. The highest BCUT2D eigenvalue weighted by Gasteiger charge is 2.39. The SMILES string of the molecule is COc1cc2c(cc1OCC1=CC(OCCCC(C)(C)SSC)CC(COc3cc4c(cc3OC)C(=O)N3c5ccccc5C[C@H]3CN4)=N1)NC[C@@H]1Cc3ccccc3N1C2=O. The van der Waals surface area contributed by atoms with Crippen LogP contribution >= 0.6 is 21.6 Å². The van der Waals surface area contributed by atoms with Crippen molar-refractivity contribution in [2.24, 2.45) is 4.99 Å². The van der Waals surface area contributed by atoms with Gasteiger partial charge in [0.2, 0.25) is 0 Å². The number of aliphatic imine (C=N–C) groups is 1. The molecule has 0 radical (unpaired) electrons. The van der Waals surface area contributed by atoms with Crippen molar-refractivity contribution in [3.63, 3.8) is 0 Å². The molecule has 5 heterocycles. The largest absolute Gasteiger partial charge is 0.493 e. The average Bonchev–Trinajstić information content (AvgIpc) is 3.77. The number of para-hydroxylation sites is 2. The van der Waals surface area contributed by atoms with Crippen LogP contribution in [0, 0.1) is 0 Å². The minimum Gasteiger partial charge on any atom is -0.493 e. The third kappa shape index (κ3) is 8.44. The van der Waals surface area contributed by atoms with Gasteiger partial charge in [0.05, 0.1) is 66.3 Å². The van der Waals surface area contributed by atoms with Crippen molar-refractivity contribution in [1.29, 1.82) is 0 Å². The maximum Gasteiger partial charge on any atom is 0.260 e. The summed E-state index contributed by atoms with van der Waals surface area (Å²) in [5, 5.41) is 7.04. The molecule has 0 saturated heterocycles. The second kappa shape index (κ2) is 17.8. The molecule has 3 atom stereocenters. The molecule has 0 saturated carbocycles. The van der Waals surface area contributed by atoms with E-state index in [-0.39, 0.29) is 48.0 Å². The number of carbonyl (C=O) groups excluding carboxylic acids is 2. The number of methoxy groups -OCH3 is 2. The van der Waals surface area contributed by atoms with Crippen LogP contribution < -0.4 is 39.4 Å². The highest BCUT2D eigenvalue weighted by molar-refractivity contribution is 8.76. The lowest BCUT2D eigenvalue weighted by atomic mass is 10.1. The topological polar surface area (TPSA) is 123 Å². The molecule has 5 aliphatic heterocycles. The zero-order chi connectivity index (χ0) is 43.0. The van der Waals surface area contributed by atoms with Gasteiger partial charge < -0.3 is 44.1 Å². The number of anilines is 4. The minimum absolute atomic E-state index is 0.0118. The molecule has 1 unspecified atom stereocenters. The van der Waals surface area contributed by atoms with E-state index in [0.717, 1.165) is 42.8 Å². The van der Waals surface area contributed by atoms with Crippen LogP contribution in [0.15, 0.2) is 89.6 Å². The lowest BCUT2D eigenvalue weighted by Crippen LogP contribution is -2.39. The number of fused-ring (bicyclic) bond motifs is 8. The van der Waals surface area contributed by atoms with Gasteiger partial charge in [-0.15, -0.1) is 0 Å². The van der Waals surface area contributed by atoms with Crippen molar-refractivity contribution >= 4 is 61.9 Å². The van der Waals surface area contributed by atoms with E-state index >= 15 is 0 Å². The van der Waals surface area contributed by atoms with Crippen LogP contribution in [0.3, 0.4) is 0 Å². The molecular formula is C48H53N5O7S2. The van der Waals surface area contributed by atoms with Crippen LogP contribution in [0.5, 0.6) is 23.0 Å². The van der Waals surface area contributed by atoms with Crippen LogP contribution in [0.1, 0.15) is 65.0 Å². The summed E-state index contributed by atoms with van der Waals surface area (Å²) in [6.07, 6.45) is 7.97. The molecule has 9 rings (SSSR count). The molecule has 0 aromatic heterocycles. The summed E-state index contributed by atoms with van der Waals surface area (Å²) in [5.41, 5.74) is 8.22. The summed E-state index contributed by atoms with van der Waals surface area (Å²) in [5.74, 6) is 1.80. The molecule has 0 aliphatic carbocycles. The van der Waals surface area contributed by atoms with E-state index in [2.05, 4.69) is 42.9 Å². The van der Waals surface area contributed by atoms with Gasteiger partial charge in [-0.2, -0.15) is 0 Å². The first-order valence-electron chi connectivity index (χ1n) is 21.2. The van der Waals surface area contributed by atoms with Crippen LogP contribution in [-0.4, -0.2) is 93.8 Å². The first-order valence-corrected chi connectivity index (χ1v) is 23.8. The molecular weight excluding hydrogens is 823 g/mol. The van der Waals surface area contributed by atoms with E-state index < -0.39 is 0 Å². The summed E-state index contributed by atoms with van der Waals surface area (Å²) in [6.45, 7) is 6.67. The Labute approximate surface area is 371 Å². The third-order valence-electron chi connectivity index (χ3n) is 12.2. The predicted octanol–water partition coefficient (Wildman–Crippen LogP) is 8.84. The third-order valence-corrected chi connectivity index (χ3v) is 14.8. The van der Waals surface area contributed by atoms with Gasteiger partial charge in [-0.1, -0.05) is 58.0 Å². The number of amides is 2. The standard InChI is InChI=1S/C48H53N5O7S2/c1-48(2,62-61-5)15-10-16-58-35-19-31(27-59-44-23-38-36(21-42(44)56-3)46(54)52-33(25-49-38)17-29-11-6-8-13-40(29)52)51-32(20-35)28-60-45-24-39-37(22-43(45)57-4)47(55)53-34(26-50-39)18-30-12-7-9-14-41(30)53/h6-9,11-14,19,21-24,33-35,49-50H,10,15-18,20,25-28H2,1-5H3/t33-,34-,35?/m0/s1. The second-order valence-corrected chi connectivity index (χ2v) is 19.9. The van der Waals surface area contributed by atoms with Gasteiger partial charge in [0, 0.05) is 54.4 Å². The van der Waals surface area contributed by atoms with Gasteiger partial charge in [-0.05, 0) is 87.3 Å². The molecule has 0 bridgehead atoms. The van der Waals surface area contributed by atoms with Gasteiger partial charge in [-0.3, -0.25) is 14.6 Å². The number of nitrogens with one attached hydrogen (secondary N) is 2. The van der Waals surface area contributed by atoms with Crippen LogP contribution in [-0.2, 0) is 17.6 Å². The Kier molecular flexibility index (Phi) is 12.1. The van der Waals surface area contributed by atoms with Gasteiger partial charge in [0.25, 0.3) is 11.8 Å². The van der Waals surface area contributed by atoms with E-state index in [0.29, 0.717) is 77.3 Å². The number of hydrogen-bond donors (Lipinski definition) is 2. The normalized spacial score (nSPS) is 19.9. The minimum atomic E-state index is -0.241. The van der Waals surface area contributed by atoms with Gasteiger partial charge in [-0.25, -0.2) is 0 Å². The quantitative estimate of drug-likeness (QED) is 0.0880. The molecule has 324 valence electrons. The van der Waals surface area contributed by atoms with Gasteiger partial charge in [0.1, 0.15) is 13.2 Å². The zero-order valence-corrected chi connectivity index (χ0v) is 37.5. The maximum atomic E-state index is 14.0. The second-order valence-electron chi connectivity index (χ2n) is 16.8. The Bertz CT molecular complexity index is 2440. The number of rotatable bonds is 15. The van der Waals surface area contributed by atoms with Gasteiger partial charge in [0.15, 0.2) is 23.0 Å². The predicted molar refractivity (Wildman–Crippen MR) is 250 cm³/mol. The van der Waals surface area contributed by atoms with Crippen molar-refractivity contribution in [2.45, 2.75) is 68.9 Å². The number of hydrogen-bond acceptors (Lipinski definition) is 12. The van der Waals surface area contributed by atoms with Crippen molar-refractivity contribution in [2.75, 3.05) is 73.8 Å². The molecule has 14 heteroatoms. The highest BCUT2D eigenvalue weighted by Crippen LogP contribution is 2.43. The molecule has 5 aliphatic rings. The molecule has 12 nitrogen and oxygen atoms in total. The maximum absolute atomic E-state index is 14.0. The highest BCUT2D eigenvalue weighted by atomic mass is 33.1. The summed E-state index contributed by atoms with van der Waals surface area (Å²) < 4.78 is 31.2. The first kappa shape index (κ1) is 42.0. The van der Waals surface area contributed by atoms with E-state index in [1.165, 1.54) is 11.1 Å². The number of carbonyl (C=O) groups is 2. The fourth-order valence-corrected chi connectivity index (χ4v) is 11.5. The van der Waals surface area contributed by atoms with Crippen LogP contribution in [0.4, 0.5) is 22.7 Å². The lowest BCUT2D eigenvalue weighted by molar-refractivity contribution is 0.0830. The van der Waals surface area contributed by atoms with Gasteiger partial charge >= 0.3 is 0 Å². The van der Waals surface area contributed by atoms with Crippen molar-refractivity contribution < 1.29 is 33.3 Å². The first-order chi connectivity index (χ1) is 30.1. The molecule has 0 fully saturated rings. The van der Waals surface area contributed by atoms with E-state index in [4.69, 9.17) is 28.7 Å². The van der Waals surface area contributed by atoms with E-state index in [9.17, 15) is 9.59 Å². The average molecular weight is 876 g/mol. The van der Waals surface area contributed by atoms with E-state index in [1.54, 1.807) is 37.1 Å². The number of nitrogens with zero attached hydrogens (tertiary/aromatic N) is 3. The summed E-state index contributed by atoms with van der Waals surface area (Å²) in [4.78, 5) is 36.9. The van der Waals surface area contributed by atoms with Crippen molar-refractivity contribution in [1.82, 2.24) is 0 Å². The Hall–Kier alpha value is -5.31.